The van der Waals surface area contributed by atoms with Gasteiger partial charge in [-0.25, -0.2) is 32.1 Å². The monoisotopic (exact) mass is 627 g/mol. The number of hydrogen-bond acceptors (Lipinski definition) is 9. The fourth-order valence-electron chi connectivity index (χ4n) is 4.85. The maximum Gasteiger partial charge on any atom is 0.419 e. The number of benzene rings is 1. The SMILES string of the molecule is CC(C)(C)OC(=O)N1CCC[C@H](Nc2ncc(C(F)(F)F)c(-c3cn(S(=O)(=O)c4ccccc4)c4nc(C#N)ccc34)n2)C1. The van der Waals surface area contributed by atoms with Crippen molar-refractivity contribution in [2.24, 2.45) is 0 Å². The second-order valence-electron chi connectivity index (χ2n) is 11.2. The fraction of sp³-hybridized carbons (Fsp3) is 0.345. The summed E-state index contributed by atoms with van der Waals surface area (Å²) in [5.41, 5.74) is -2.99. The van der Waals surface area contributed by atoms with Crippen LogP contribution in [0.3, 0.4) is 0 Å². The van der Waals surface area contributed by atoms with Crippen LogP contribution >= 0.6 is 0 Å². The molecule has 4 heterocycles. The molecule has 0 aliphatic carbocycles. The number of piperidine rings is 1. The Morgan fingerprint density at radius 1 is 1.11 bits per heavy atom. The highest BCUT2D eigenvalue weighted by Crippen LogP contribution is 2.40. The Labute approximate surface area is 251 Å². The minimum absolute atomic E-state index is 0.0347. The number of fused-ring (bicyclic) bond motifs is 1. The molecule has 5 rings (SSSR count). The molecule has 1 saturated heterocycles. The molecule has 15 heteroatoms. The van der Waals surface area contributed by atoms with Gasteiger partial charge in [-0.05, 0) is 57.9 Å². The average Bonchev–Trinajstić information content (AvgIpc) is 3.36. The first kappa shape index (κ1) is 30.7. The molecule has 0 unspecified atom stereocenters. The lowest BCUT2D eigenvalue weighted by Crippen LogP contribution is -2.47. The highest BCUT2D eigenvalue weighted by atomic mass is 32.2. The van der Waals surface area contributed by atoms with Gasteiger partial charge >= 0.3 is 12.3 Å². The van der Waals surface area contributed by atoms with Crippen molar-refractivity contribution in [1.29, 1.82) is 5.26 Å². The summed E-state index contributed by atoms with van der Waals surface area (Å²) >= 11 is 0. The molecule has 1 aliphatic rings. The van der Waals surface area contributed by atoms with E-state index in [1.54, 1.807) is 26.8 Å². The molecule has 1 atom stereocenters. The molecular weight excluding hydrogens is 599 g/mol. The first-order valence-corrected chi connectivity index (χ1v) is 15.0. The van der Waals surface area contributed by atoms with Crippen molar-refractivity contribution in [3.05, 3.63) is 66.1 Å². The fourth-order valence-corrected chi connectivity index (χ4v) is 6.19. The van der Waals surface area contributed by atoms with Gasteiger partial charge in [-0.2, -0.15) is 18.4 Å². The molecule has 0 saturated carbocycles. The molecule has 1 fully saturated rings. The zero-order valence-electron chi connectivity index (χ0n) is 24.0. The van der Waals surface area contributed by atoms with Crippen molar-refractivity contribution in [2.75, 3.05) is 18.4 Å². The summed E-state index contributed by atoms with van der Waals surface area (Å²) in [6, 6.07) is 11.4. The molecule has 0 bridgehead atoms. The summed E-state index contributed by atoms with van der Waals surface area (Å²) in [6.07, 6.45) is -2.54. The van der Waals surface area contributed by atoms with E-state index in [0.29, 0.717) is 25.6 Å². The number of carbonyl (C=O) groups excluding carboxylic acids is 1. The van der Waals surface area contributed by atoms with E-state index >= 15 is 0 Å². The first-order valence-electron chi connectivity index (χ1n) is 13.6. The Morgan fingerprint density at radius 2 is 1.84 bits per heavy atom. The zero-order chi connectivity index (χ0) is 31.9. The number of carbonyl (C=O) groups is 1. The summed E-state index contributed by atoms with van der Waals surface area (Å²) < 4.78 is 76.3. The maximum absolute atomic E-state index is 14.3. The molecule has 1 amide bonds. The van der Waals surface area contributed by atoms with E-state index in [9.17, 15) is 31.6 Å². The second kappa shape index (κ2) is 11.4. The Hall–Kier alpha value is -4.71. The molecule has 1 N–H and O–H groups in total. The Morgan fingerprint density at radius 3 is 2.50 bits per heavy atom. The van der Waals surface area contributed by atoms with Crippen molar-refractivity contribution in [1.82, 2.24) is 23.8 Å². The lowest BCUT2D eigenvalue weighted by atomic mass is 10.1. The van der Waals surface area contributed by atoms with Gasteiger partial charge in [-0.3, -0.25) is 0 Å². The van der Waals surface area contributed by atoms with E-state index in [1.165, 1.54) is 41.3 Å². The Bertz CT molecular complexity index is 1860. The molecule has 0 spiro atoms. The number of halogens is 3. The van der Waals surface area contributed by atoms with Crippen LogP contribution in [-0.2, 0) is 20.9 Å². The number of nitriles is 1. The van der Waals surface area contributed by atoms with Gasteiger partial charge in [-0.1, -0.05) is 18.2 Å². The topological polar surface area (TPSA) is 143 Å². The van der Waals surface area contributed by atoms with Gasteiger partial charge in [0.25, 0.3) is 10.0 Å². The maximum atomic E-state index is 14.3. The lowest BCUT2D eigenvalue weighted by molar-refractivity contribution is -0.137. The van der Waals surface area contributed by atoms with Gasteiger partial charge in [0.2, 0.25) is 5.95 Å². The quantitative estimate of drug-likeness (QED) is 0.306. The van der Waals surface area contributed by atoms with Crippen molar-refractivity contribution in [3.8, 4) is 17.3 Å². The Kier molecular flexibility index (Phi) is 7.98. The number of rotatable bonds is 5. The third-order valence-electron chi connectivity index (χ3n) is 6.79. The third kappa shape index (κ3) is 6.30. The van der Waals surface area contributed by atoms with E-state index in [1.807, 2.05) is 6.07 Å². The highest BCUT2D eigenvalue weighted by molar-refractivity contribution is 7.90. The summed E-state index contributed by atoms with van der Waals surface area (Å²) in [5, 5.41) is 12.5. The summed E-state index contributed by atoms with van der Waals surface area (Å²) in [6.45, 7) is 5.92. The molecule has 44 heavy (non-hydrogen) atoms. The van der Waals surface area contributed by atoms with Gasteiger partial charge in [0, 0.05) is 42.5 Å². The second-order valence-corrected chi connectivity index (χ2v) is 13.0. The van der Waals surface area contributed by atoms with Gasteiger partial charge in [-0.15, -0.1) is 0 Å². The van der Waals surface area contributed by atoms with Gasteiger partial charge in [0.05, 0.1) is 10.6 Å². The van der Waals surface area contributed by atoms with Crippen LogP contribution in [0, 0.1) is 11.3 Å². The van der Waals surface area contributed by atoms with Crippen LogP contribution in [0.2, 0.25) is 0 Å². The number of hydrogen-bond donors (Lipinski definition) is 1. The highest BCUT2D eigenvalue weighted by Gasteiger charge is 2.37. The number of alkyl halides is 3. The normalized spacial score (nSPS) is 16.0. The van der Waals surface area contributed by atoms with E-state index < -0.39 is 39.2 Å². The standard InChI is InChI=1S/C29H28F3N7O4S/c1-28(2,3)43-27(40)38-13-7-8-19(16-38)36-26-34-15-23(29(30,31)32)24(37-26)22-17-39(25-21(22)12-11-18(14-33)35-25)44(41,42)20-9-5-4-6-10-20/h4-6,9-12,15,17,19H,7-8,13,16H2,1-3H3,(H,34,36,37)/t19-/m0/s1. The summed E-state index contributed by atoms with van der Waals surface area (Å²) in [7, 11) is -4.33. The van der Waals surface area contributed by atoms with E-state index in [4.69, 9.17) is 4.74 Å². The number of likely N-dealkylation sites (tertiary alicyclic amines) is 1. The number of amides is 1. The summed E-state index contributed by atoms with van der Waals surface area (Å²) in [4.78, 5) is 26.2. The van der Waals surface area contributed by atoms with Crippen LogP contribution < -0.4 is 5.32 Å². The molecule has 4 aromatic rings. The van der Waals surface area contributed by atoms with E-state index in [2.05, 4.69) is 20.3 Å². The first-order chi connectivity index (χ1) is 20.7. The number of nitrogens with zero attached hydrogens (tertiary/aromatic N) is 6. The van der Waals surface area contributed by atoms with E-state index in [-0.39, 0.29) is 45.7 Å². The largest absolute Gasteiger partial charge is 0.444 e. The number of ether oxygens (including phenoxy) is 1. The number of aromatic nitrogens is 4. The molecule has 230 valence electrons. The summed E-state index contributed by atoms with van der Waals surface area (Å²) in [5.74, 6) is -0.141. The van der Waals surface area contributed by atoms with Crippen LogP contribution in [-0.4, -0.2) is 63.1 Å². The number of nitrogens with one attached hydrogen (secondary N) is 1. The predicted octanol–water partition coefficient (Wildman–Crippen LogP) is 5.43. The molecule has 1 aromatic carbocycles. The zero-order valence-corrected chi connectivity index (χ0v) is 24.8. The molecule has 0 radical (unpaired) electrons. The van der Waals surface area contributed by atoms with Crippen LogP contribution in [0.15, 0.2) is 59.8 Å². The molecule has 11 nitrogen and oxygen atoms in total. The third-order valence-corrected chi connectivity index (χ3v) is 8.45. The Balaban J connectivity index is 1.59. The van der Waals surface area contributed by atoms with Gasteiger partial charge < -0.3 is 15.0 Å². The molecule has 1 aliphatic heterocycles. The van der Waals surface area contributed by atoms with Crippen LogP contribution in [0.4, 0.5) is 23.9 Å². The van der Waals surface area contributed by atoms with Crippen molar-refractivity contribution in [2.45, 2.75) is 56.3 Å². The van der Waals surface area contributed by atoms with Crippen LogP contribution in [0.25, 0.3) is 22.3 Å². The van der Waals surface area contributed by atoms with Gasteiger partial charge in [0.1, 0.15) is 22.9 Å². The number of anilines is 1. The average molecular weight is 628 g/mol. The van der Waals surface area contributed by atoms with Crippen LogP contribution in [0.5, 0.6) is 0 Å². The van der Waals surface area contributed by atoms with E-state index in [0.717, 1.165) is 10.2 Å². The predicted molar refractivity (Wildman–Crippen MR) is 154 cm³/mol. The minimum Gasteiger partial charge on any atom is -0.444 e. The van der Waals surface area contributed by atoms with Crippen molar-refractivity contribution in [3.63, 3.8) is 0 Å². The van der Waals surface area contributed by atoms with Gasteiger partial charge in [0.15, 0.2) is 5.65 Å². The molecule has 3 aromatic heterocycles. The molecular formula is C29H28F3N7O4S. The smallest absolute Gasteiger partial charge is 0.419 e. The van der Waals surface area contributed by atoms with Crippen molar-refractivity contribution < 1.29 is 31.1 Å². The van der Waals surface area contributed by atoms with Crippen LogP contribution in [0.1, 0.15) is 44.9 Å². The number of pyridine rings is 1. The van der Waals surface area contributed by atoms with Crippen molar-refractivity contribution >= 4 is 33.1 Å². The minimum atomic E-state index is -4.89. The lowest BCUT2D eigenvalue weighted by Gasteiger charge is -2.34.